The van der Waals surface area contributed by atoms with E-state index in [1.807, 2.05) is 6.08 Å². The summed E-state index contributed by atoms with van der Waals surface area (Å²) in [4.78, 5) is 2.67. The highest BCUT2D eigenvalue weighted by Gasteiger charge is 2.56. The summed E-state index contributed by atoms with van der Waals surface area (Å²) in [6.07, 6.45) is 6.41. The van der Waals surface area contributed by atoms with Crippen LogP contribution in [0.1, 0.15) is 125 Å². The predicted octanol–water partition coefficient (Wildman–Crippen LogP) is 16.5. The van der Waals surface area contributed by atoms with Gasteiger partial charge in [-0.15, -0.1) is 0 Å². The molecule has 0 heterocycles. The van der Waals surface area contributed by atoms with E-state index in [-0.39, 0.29) is 21.7 Å². The summed E-state index contributed by atoms with van der Waals surface area (Å²) < 4.78 is 0. The van der Waals surface area contributed by atoms with E-state index in [2.05, 4.69) is 238 Å². The van der Waals surface area contributed by atoms with Crippen LogP contribution in [-0.4, -0.2) is 0 Å². The zero-order valence-electron chi connectivity index (χ0n) is 39.2. The van der Waals surface area contributed by atoms with Crippen LogP contribution in [0.15, 0.2) is 176 Å². The fraction of sp³-hybridized carbons (Fsp3) is 0.238. The third-order valence-corrected chi connectivity index (χ3v) is 15.4. The highest BCUT2D eigenvalue weighted by atomic mass is 15.2. The maximum atomic E-state index is 4.23. The molecule has 0 saturated heterocycles. The number of fused-ring (bicyclic) bond motifs is 13. The molecule has 11 rings (SSSR count). The molecule has 1 heteroatoms. The highest BCUT2D eigenvalue weighted by molar-refractivity contribution is 6.01. The highest BCUT2D eigenvalue weighted by Crippen LogP contribution is 2.65. The van der Waals surface area contributed by atoms with E-state index in [0.717, 1.165) is 11.4 Å². The second-order valence-corrected chi connectivity index (χ2v) is 21.8. The van der Waals surface area contributed by atoms with Gasteiger partial charge in [0.1, 0.15) is 0 Å². The van der Waals surface area contributed by atoms with Crippen molar-refractivity contribution in [1.82, 2.24) is 0 Å². The van der Waals surface area contributed by atoms with Crippen LogP contribution in [0, 0.1) is 0 Å². The lowest BCUT2D eigenvalue weighted by Gasteiger charge is -2.41. The normalized spacial score (nSPS) is 16.6. The first kappa shape index (κ1) is 40.3. The number of benzene rings is 7. The van der Waals surface area contributed by atoms with E-state index in [1.165, 1.54) is 100 Å². The minimum atomic E-state index is -0.667. The van der Waals surface area contributed by atoms with Gasteiger partial charge in [0.05, 0.1) is 11.1 Å². The minimum Gasteiger partial charge on any atom is -0.312 e. The maximum absolute atomic E-state index is 4.23. The zero-order valence-corrected chi connectivity index (χ0v) is 39.2. The van der Waals surface area contributed by atoms with Crippen LogP contribution < -0.4 is 4.90 Å². The quantitative estimate of drug-likeness (QED) is 0.156. The van der Waals surface area contributed by atoms with Crippen molar-refractivity contribution in [3.63, 3.8) is 0 Å². The Balaban J connectivity index is 1.30. The number of rotatable bonds is 5. The third-order valence-electron chi connectivity index (χ3n) is 15.4. The van der Waals surface area contributed by atoms with E-state index in [0.29, 0.717) is 0 Å². The molecule has 1 spiro atoms. The maximum Gasteiger partial charge on any atom is 0.0882 e. The Morgan fingerprint density at radius 3 is 1.27 bits per heavy atom. The molecule has 4 aliphatic carbocycles. The van der Waals surface area contributed by atoms with Gasteiger partial charge in [0.15, 0.2) is 0 Å². The Bertz CT molecular complexity index is 3030. The molecule has 0 bridgehead atoms. The van der Waals surface area contributed by atoms with Crippen LogP contribution in [0.4, 0.5) is 11.4 Å². The number of hydrogen-bond donors (Lipinski definition) is 0. The van der Waals surface area contributed by atoms with Gasteiger partial charge in [-0.3, -0.25) is 0 Å². The molecule has 0 radical (unpaired) electrons. The average molecular weight is 830 g/mol. The SMILES string of the molecule is C=C/C=C\C1=C(N(c2ccc3c(c2)C(C)(C)c2ccccc2-3)c2ccc3c(c2)C(C)(C)c2ccccc2-3)C2(c3ccccc31)c1cc(C(C)(C)C)ccc1-c1ccc(C(C)(C)C)cc12. The summed E-state index contributed by atoms with van der Waals surface area (Å²) in [7, 11) is 0. The Morgan fingerprint density at radius 1 is 0.422 bits per heavy atom. The standard InChI is InChI=1S/C63H59N/c1-12-13-20-50-45-23-16-19-26-53(45)63(56-35-39(59(2,3)4)27-31-48(56)49-32-28-40(36-57(49)63)60(5,6)7)58(50)64(41-29-33-46-43-21-14-17-24-51(43)61(8,9)54(46)37-41)42-30-34-47-44-22-15-18-25-52(44)62(10,11)55(47)38-42/h12-38H,1H2,2-11H3/b20-13-. The Morgan fingerprint density at radius 2 is 0.812 bits per heavy atom. The predicted molar refractivity (Wildman–Crippen MR) is 272 cm³/mol. The van der Waals surface area contributed by atoms with Crippen molar-refractivity contribution < 1.29 is 0 Å². The first-order valence-electron chi connectivity index (χ1n) is 23.2. The van der Waals surface area contributed by atoms with Gasteiger partial charge in [-0.1, -0.05) is 215 Å². The molecule has 0 unspecified atom stereocenters. The van der Waals surface area contributed by atoms with Crippen LogP contribution in [0.25, 0.3) is 39.0 Å². The van der Waals surface area contributed by atoms with Crippen LogP contribution in [-0.2, 0) is 27.1 Å². The molecule has 0 aromatic heterocycles. The Labute approximate surface area is 381 Å². The van der Waals surface area contributed by atoms with Crippen molar-refractivity contribution in [2.24, 2.45) is 0 Å². The van der Waals surface area contributed by atoms with Gasteiger partial charge < -0.3 is 4.90 Å². The second-order valence-electron chi connectivity index (χ2n) is 21.8. The molecular formula is C63H59N. The van der Waals surface area contributed by atoms with Crippen LogP contribution in [0.2, 0.25) is 0 Å². The smallest absolute Gasteiger partial charge is 0.0882 e. The molecule has 0 atom stereocenters. The molecule has 1 nitrogen and oxygen atoms in total. The van der Waals surface area contributed by atoms with Crippen LogP contribution in [0.5, 0.6) is 0 Å². The second kappa shape index (κ2) is 13.5. The van der Waals surface area contributed by atoms with E-state index in [9.17, 15) is 0 Å². The lowest BCUT2D eigenvalue weighted by Crippen LogP contribution is -2.36. The zero-order chi connectivity index (χ0) is 44.7. The van der Waals surface area contributed by atoms with Crippen molar-refractivity contribution in [1.29, 1.82) is 0 Å². The minimum absolute atomic E-state index is 0.0596. The van der Waals surface area contributed by atoms with Crippen molar-refractivity contribution in [2.75, 3.05) is 4.90 Å². The average Bonchev–Trinajstić information content (AvgIpc) is 3.89. The summed E-state index contributed by atoms with van der Waals surface area (Å²) in [5, 5.41) is 0. The molecule has 0 amide bonds. The number of nitrogens with zero attached hydrogens (tertiary/aromatic N) is 1. The lowest BCUT2D eigenvalue weighted by atomic mass is 9.69. The number of allylic oxidation sites excluding steroid dienone is 5. The summed E-state index contributed by atoms with van der Waals surface area (Å²) in [6.45, 7) is 27.9. The summed E-state index contributed by atoms with van der Waals surface area (Å²) >= 11 is 0. The van der Waals surface area contributed by atoms with Gasteiger partial charge >= 0.3 is 0 Å². The van der Waals surface area contributed by atoms with Crippen LogP contribution in [0.3, 0.4) is 0 Å². The van der Waals surface area contributed by atoms with E-state index in [1.54, 1.807) is 0 Å². The van der Waals surface area contributed by atoms with Gasteiger partial charge in [-0.2, -0.15) is 0 Å². The van der Waals surface area contributed by atoms with Gasteiger partial charge in [-0.25, -0.2) is 0 Å². The van der Waals surface area contributed by atoms with Crippen molar-refractivity contribution >= 4 is 16.9 Å². The van der Waals surface area contributed by atoms with Crippen molar-refractivity contribution in [2.45, 2.75) is 96.3 Å². The summed E-state index contributed by atoms with van der Waals surface area (Å²) in [6, 6.07) is 56.6. The third kappa shape index (κ3) is 5.43. The van der Waals surface area contributed by atoms with Gasteiger partial charge in [0, 0.05) is 27.8 Å². The van der Waals surface area contributed by atoms with Gasteiger partial charge in [-0.05, 0) is 124 Å². The first-order valence-corrected chi connectivity index (χ1v) is 23.2. The molecule has 0 aliphatic heterocycles. The van der Waals surface area contributed by atoms with Crippen LogP contribution >= 0.6 is 0 Å². The topological polar surface area (TPSA) is 3.24 Å². The summed E-state index contributed by atoms with van der Waals surface area (Å²) in [5.41, 5.74) is 25.0. The van der Waals surface area contributed by atoms with E-state index < -0.39 is 5.41 Å². The molecule has 316 valence electrons. The number of anilines is 2. The van der Waals surface area contributed by atoms with Crippen molar-refractivity contribution in [3.8, 4) is 33.4 Å². The molecule has 0 saturated carbocycles. The molecular weight excluding hydrogens is 771 g/mol. The Kier molecular flexibility index (Phi) is 8.53. The molecule has 0 N–H and O–H groups in total. The first-order chi connectivity index (χ1) is 30.5. The summed E-state index contributed by atoms with van der Waals surface area (Å²) in [5.74, 6) is 0. The lowest BCUT2D eigenvalue weighted by molar-refractivity contribution is 0.585. The fourth-order valence-corrected chi connectivity index (χ4v) is 12.0. The molecule has 7 aromatic rings. The fourth-order valence-electron chi connectivity index (χ4n) is 12.0. The Hall–Kier alpha value is -6.44. The van der Waals surface area contributed by atoms with Gasteiger partial charge in [0.2, 0.25) is 0 Å². The van der Waals surface area contributed by atoms with Gasteiger partial charge in [0.25, 0.3) is 0 Å². The molecule has 64 heavy (non-hydrogen) atoms. The van der Waals surface area contributed by atoms with E-state index >= 15 is 0 Å². The number of hydrogen-bond acceptors (Lipinski definition) is 1. The monoisotopic (exact) mass is 829 g/mol. The molecule has 4 aliphatic rings. The molecule has 0 fully saturated rings. The van der Waals surface area contributed by atoms with E-state index in [4.69, 9.17) is 0 Å². The largest absolute Gasteiger partial charge is 0.312 e. The molecule has 7 aromatic carbocycles. The van der Waals surface area contributed by atoms with Crippen molar-refractivity contribution in [3.05, 3.63) is 232 Å².